The largest absolute Gasteiger partial charge is 0.355 e. The molecule has 2 aromatic rings. The van der Waals surface area contributed by atoms with E-state index in [0.717, 1.165) is 43.3 Å². The maximum absolute atomic E-state index is 12.9. The smallest absolute Gasteiger partial charge is 0.171 e. The zero-order valence-corrected chi connectivity index (χ0v) is 12.7. The lowest BCUT2D eigenvalue weighted by atomic mass is 9.75. The van der Waals surface area contributed by atoms with Gasteiger partial charge in [0.15, 0.2) is 18.0 Å². The molecule has 2 aliphatic rings. The van der Waals surface area contributed by atoms with Gasteiger partial charge < -0.3 is 10.2 Å². The van der Waals surface area contributed by atoms with Gasteiger partial charge in [-0.2, -0.15) is 0 Å². The quantitative estimate of drug-likeness (QED) is 0.922. The molecule has 112 valence electrons. The Morgan fingerprint density at radius 2 is 2.38 bits per heavy atom. The van der Waals surface area contributed by atoms with Crippen LogP contribution in [0.3, 0.4) is 0 Å². The Labute approximate surface area is 127 Å². The fourth-order valence-electron chi connectivity index (χ4n) is 3.79. The number of fused-ring (bicyclic) bond motifs is 2. The Balaban J connectivity index is 1.72. The summed E-state index contributed by atoms with van der Waals surface area (Å²) in [6.45, 7) is 6.53. The van der Waals surface area contributed by atoms with Crippen molar-refractivity contribution in [3.63, 3.8) is 0 Å². The molecule has 0 unspecified atom stereocenters. The Morgan fingerprint density at radius 3 is 3.24 bits per heavy atom. The van der Waals surface area contributed by atoms with Gasteiger partial charge in [0.25, 0.3) is 0 Å². The molecule has 0 bridgehead atoms. The predicted molar refractivity (Wildman–Crippen MR) is 82.9 cm³/mol. The summed E-state index contributed by atoms with van der Waals surface area (Å²) in [6.07, 6.45) is 4.42. The van der Waals surface area contributed by atoms with Crippen molar-refractivity contribution in [1.82, 2.24) is 19.3 Å². The average Bonchev–Trinajstić information content (AvgIpc) is 3.08. The van der Waals surface area contributed by atoms with E-state index in [4.69, 9.17) is 0 Å². The first kappa shape index (κ1) is 13.3. The van der Waals surface area contributed by atoms with Crippen molar-refractivity contribution in [2.75, 3.05) is 31.1 Å². The fourth-order valence-corrected chi connectivity index (χ4v) is 4.11. The Bertz CT molecular complexity index is 674. The number of rotatable bonds is 2. The van der Waals surface area contributed by atoms with E-state index in [9.17, 15) is 3.89 Å². The summed E-state index contributed by atoms with van der Waals surface area (Å²) in [7, 11) is 0. The van der Waals surface area contributed by atoms with Gasteiger partial charge in [0, 0.05) is 31.2 Å². The molecule has 5 nitrogen and oxygen atoms in total. The zero-order valence-electron chi connectivity index (χ0n) is 11.9. The number of halogens is 1. The van der Waals surface area contributed by atoms with Crippen molar-refractivity contribution >= 4 is 29.2 Å². The van der Waals surface area contributed by atoms with Gasteiger partial charge in [-0.15, -0.1) is 3.89 Å². The van der Waals surface area contributed by atoms with Gasteiger partial charge in [-0.25, -0.2) is 13.9 Å². The van der Waals surface area contributed by atoms with Crippen molar-refractivity contribution in [3.05, 3.63) is 18.6 Å². The molecule has 2 aromatic heterocycles. The highest BCUT2D eigenvalue weighted by Crippen LogP contribution is 2.40. The van der Waals surface area contributed by atoms with Crippen LogP contribution in [0.2, 0.25) is 0 Å². The van der Waals surface area contributed by atoms with Crippen LogP contribution in [-0.4, -0.2) is 40.1 Å². The van der Waals surface area contributed by atoms with Gasteiger partial charge in [-0.05, 0) is 24.9 Å². The van der Waals surface area contributed by atoms with Crippen molar-refractivity contribution in [2.24, 2.45) is 11.3 Å². The molecule has 0 aromatic carbocycles. The van der Waals surface area contributed by atoms with E-state index < -0.39 is 0 Å². The summed E-state index contributed by atoms with van der Waals surface area (Å²) >= 11 is 0.173. The molecular weight excluding hydrogens is 289 g/mol. The molecule has 21 heavy (non-hydrogen) atoms. The van der Waals surface area contributed by atoms with E-state index in [2.05, 4.69) is 27.1 Å². The second-order valence-electron chi connectivity index (χ2n) is 6.34. The molecule has 2 fully saturated rings. The van der Waals surface area contributed by atoms with E-state index in [-0.39, 0.29) is 12.3 Å². The molecule has 1 N–H and O–H groups in total. The standard InChI is InChI=1S/C14H18FN5S/c1-14-7-16-6-10(14)2-4-19(8-14)12-11-3-5-20(21-15)13(11)18-9-17-12/h3,5,9-10,16H,2,4,6-8H2,1H3/t10-,14-/m1/s1. The number of anilines is 1. The lowest BCUT2D eigenvalue weighted by Crippen LogP contribution is -2.47. The minimum Gasteiger partial charge on any atom is -0.355 e. The SMILES string of the molecule is C[C@]12CNC[C@H]1CCN(c1ncnc3c1ccn3SF)C2. The summed E-state index contributed by atoms with van der Waals surface area (Å²) in [6, 6.07) is 1.90. The Hall–Kier alpha value is -1.34. The van der Waals surface area contributed by atoms with Gasteiger partial charge in [0.2, 0.25) is 0 Å². The molecule has 0 aliphatic carbocycles. The van der Waals surface area contributed by atoms with Crippen LogP contribution in [0.25, 0.3) is 11.0 Å². The maximum atomic E-state index is 12.9. The normalized spacial score (nSPS) is 29.0. The average molecular weight is 307 g/mol. The first-order chi connectivity index (χ1) is 10.2. The number of nitrogens with one attached hydrogen (secondary N) is 1. The van der Waals surface area contributed by atoms with Crippen molar-refractivity contribution < 1.29 is 3.89 Å². The highest BCUT2D eigenvalue weighted by molar-refractivity contribution is 7.92. The van der Waals surface area contributed by atoms with E-state index in [1.165, 1.54) is 16.7 Å². The van der Waals surface area contributed by atoms with E-state index in [0.29, 0.717) is 11.1 Å². The third-order valence-electron chi connectivity index (χ3n) is 5.01. The van der Waals surface area contributed by atoms with E-state index >= 15 is 0 Å². The van der Waals surface area contributed by atoms with Crippen LogP contribution in [0.1, 0.15) is 13.3 Å². The Kier molecular flexibility index (Phi) is 3.08. The van der Waals surface area contributed by atoms with Gasteiger partial charge >= 0.3 is 0 Å². The molecule has 0 spiro atoms. The van der Waals surface area contributed by atoms with Crippen LogP contribution in [-0.2, 0) is 0 Å². The topological polar surface area (TPSA) is 46.0 Å². The van der Waals surface area contributed by atoms with E-state index in [1.54, 1.807) is 6.20 Å². The highest BCUT2D eigenvalue weighted by atomic mass is 32.2. The number of piperidine rings is 1. The van der Waals surface area contributed by atoms with Crippen LogP contribution in [0.4, 0.5) is 9.70 Å². The molecule has 2 atom stereocenters. The summed E-state index contributed by atoms with van der Waals surface area (Å²) < 4.78 is 14.3. The molecule has 0 saturated carbocycles. The van der Waals surface area contributed by atoms with Gasteiger partial charge in [0.1, 0.15) is 12.1 Å². The number of hydrogen-bond acceptors (Lipinski definition) is 5. The molecule has 0 amide bonds. The number of aromatic nitrogens is 3. The monoisotopic (exact) mass is 307 g/mol. The minimum absolute atomic E-state index is 0.173. The van der Waals surface area contributed by atoms with Crippen LogP contribution in [0.5, 0.6) is 0 Å². The van der Waals surface area contributed by atoms with Crippen molar-refractivity contribution in [2.45, 2.75) is 13.3 Å². The fraction of sp³-hybridized carbons (Fsp3) is 0.571. The molecule has 2 aliphatic heterocycles. The first-order valence-corrected chi connectivity index (χ1v) is 7.95. The van der Waals surface area contributed by atoms with Gasteiger partial charge in [-0.3, -0.25) is 0 Å². The highest BCUT2D eigenvalue weighted by Gasteiger charge is 2.43. The minimum atomic E-state index is 0.173. The summed E-state index contributed by atoms with van der Waals surface area (Å²) in [5, 5.41) is 4.44. The van der Waals surface area contributed by atoms with Crippen molar-refractivity contribution in [1.29, 1.82) is 0 Å². The lowest BCUT2D eigenvalue weighted by molar-refractivity contribution is 0.215. The van der Waals surface area contributed by atoms with Crippen LogP contribution >= 0.6 is 12.3 Å². The number of nitrogens with zero attached hydrogens (tertiary/aromatic N) is 4. The van der Waals surface area contributed by atoms with E-state index in [1.807, 2.05) is 6.07 Å². The molecule has 7 heteroatoms. The molecule has 4 rings (SSSR count). The lowest BCUT2D eigenvalue weighted by Gasteiger charge is -2.42. The summed E-state index contributed by atoms with van der Waals surface area (Å²) in [5.41, 5.74) is 0.941. The number of hydrogen-bond donors (Lipinski definition) is 1. The zero-order chi connectivity index (χ0) is 14.4. The summed E-state index contributed by atoms with van der Waals surface area (Å²) in [5.74, 6) is 1.68. The Morgan fingerprint density at radius 1 is 1.48 bits per heavy atom. The predicted octanol–water partition coefficient (Wildman–Crippen LogP) is 2.25. The van der Waals surface area contributed by atoms with Gasteiger partial charge in [0.05, 0.1) is 5.39 Å². The van der Waals surface area contributed by atoms with Crippen molar-refractivity contribution in [3.8, 4) is 0 Å². The molecule has 4 heterocycles. The third kappa shape index (κ3) is 2.02. The second kappa shape index (κ2) is 4.84. The van der Waals surface area contributed by atoms with Crippen LogP contribution in [0.15, 0.2) is 18.6 Å². The van der Waals surface area contributed by atoms with Crippen LogP contribution < -0.4 is 10.2 Å². The molecular formula is C14H18FN5S. The summed E-state index contributed by atoms with van der Waals surface area (Å²) in [4.78, 5) is 11.0. The molecule has 2 saturated heterocycles. The van der Waals surface area contributed by atoms with Crippen LogP contribution in [0, 0.1) is 11.3 Å². The molecule has 0 radical (unpaired) electrons. The maximum Gasteiger partial charge on any atom is 0.171 e. The van der Waals surface area contributed by atoms with Gasteiger partial charge in [-0.1, -0.05) is 6.92 Å². The second-order valence-corrected chi connectivity index (χ2v) is 6.87. The third-order valence-corrected chi connectivity index (χ3v) is 5.45. The first-order valence-electron chi connectivity index (χ1n) is 7.28.